The highest BCUT2D eigenvalue weighted by Crippen LogP contribution is 2.38. The van der Waals surface area contributed by atoms with Crippen molar-refractivity contribution in [2.24, 2.45) is 0 Å². The van der Waals surface area contributed by atoms with E-state index in [4.69, 9.17) is 4.74 Å². The summed E-state index contributed by atoms with van der Waals surface area (Å²) in [4.78, 5) is 31.2. The Morgan fingerprint density at radius 3 is 2.18 bits per heavy atom. The zero-order valence-electron chi connectivity index (χ0n) is 13.5. The lowest BCUT2D eigenvalue weighted by Crippen LogP contribution is -2.22. The molecule has 0 unspecified atom stereocenters. The van der Waals surface area contributed by atoms with Crippen molar-refractivity contribution in [3.8, 4) is 5.75 Å². The first-order valence-electron chi connectivity index (χ1n) is 7.21. The molecule has 0 aliphatic carbocycles. The van der Waals surface area contributed by atoms with E-state index in [-0.39, 0.29) is 6.07 Å². The van der Waals surface area contributed by atoms with Gasteiger partial charge in [0.05, 0.1) is 15.5 Å². The van der Waals surface area contributed by atoms with Gasteiger partial charge in [-0.15, -0.1) is 0 Å². The van der Waals surface area contributed by atoms with E-state index in [1.165, 1.54) is 0 Å². The van der Waals surface area contributed by atoms with Crippen LogP contribution in [0.4, 0.5) is 34.6 Å². The fourth-order valence-corrected chi connectivity index (χ4v) is 2.03. The molecule has 148 valence electrons. The molecule has 0 saturated heterocycles. The van der Waals surface area contributed by atoms with Crippen LogP contribution in [-0.2, 0) is 11.0 Å². The molecule has 0 spiro atoms. The van der Waals surface area contributed by atoms with Gasteiger partial charge in [-0.1, -0.05) is 0 Å². The number of non-ortho nitro benzene ring substituents is 2. The summed E-state index contributed by atoms with van der Waals surface area (Å²) in [5, 5.41) is 23.2. The summed E-state index contributed by atoms with van der Waals surface area (Å²) in [5.41, 5.74) is -3.39. The molecule has 13 heteroatoms. The van der Waals surface area contributed by atoms with E-state index in [1.54, 1.807) is 0 Å². The monoisotopic (exact) mass is 403 g/mol. The fraction of sp³-hybridized carbons (Fsp3) is 0.133. The van der Waals surface area contributed by atoms with Crippen molar-refractivity contribution >= 4 is 23.0 Å². The third-order valence-electron chi connectivity index (χ3n) is 3.27. The van der Waals surface area contributed by atoms with Gasteiger partial charge >= 0.3 is 6.18 Å². The molecule has 9 nitrogen and oxygen atoms in total. The smallest absolute Gasteiger partial charge is 0.420 e. The number of hydrogen-bond acceptors (Lipinski definition) is 6. The molecule has 0 heterocycles. The van der Waals surface area contributed by atoms with Crippen molar-refractivity contribution in [3.63, 3.8) is 0 Å². The summed E-state index contributed by atoms with van der Waals surface area (Å²) >= 11 is 0. The van der Waals surface area contributed by atoms with Crippen molar-refractivity contribution < 1.29 is 36.9 Å². The molecule has 1 N–H and O–H groups in total. The number of nitro groups is 2. The van der Waals surface area contributed by atoms with Crippen LogP contribution in [0.1, 0.15) is 5.56 Å². The van der Waals surface area contributed by atoms with Gasteiger partial charge in [0.25, 0.3) is 17.3 Å². The average molecular weight is 403 g/mol. The Bertz CT molecular complexity index is 948. The minimum atomic E-state index is -5.00. The number of halogens is 4. The molecular formula is C15H9F4N3O6. The van der Waals surface area contributed by atoms with Gasteiger partial charge in [0, 0.05) is 24.3 Å². The topological polar surface area (TPSA) is 125 Å². The molecule has 0 aromatic heterocycles. The van der Waals surface area contributed by atoms with Gasteiger partial charge in [-0.05, 0) is 12.1 Å². The average Bonchev–Trinajstić information content (AvgIpc) is 2.60. The predicted octanol–water partition coefficient (Wildman–Crippen LogP) is 3.68. The third-order valence-corrected chi connectivity index (χ3v) is 3.27. The van der Waals surface area contributed by atoms with E-state index in [0.717, 1.165) is 24.3 Å². The van der Waals surface area contributed by atoms with E-state index < -0.39 is 62.7 Å². The van der Waals surface area contributed by atoms with Crippen LogP contribution in [0.25, 0.3) is 0 Å². The zero-order chi connectivity index (χ0) is 21.1. The maximum Gasteiger partial charge on any atom is 0.420 e. The van der Waals surface area contributed by atoms with Crippen LogP contribution in [-0.4, -0.2) is 22.4 Å². The number of amides is 1. The van der Waals surface area contributed by atoms with Gasteiger partial charge < -0.3 is 10.1 Å². The second-order valence-corrected chi connectivity index (χ2v) is 5.19. The van der Waals surface area contributed by atoms with E-state index >= 15 is 0 Å². The summed E-state index contributed by atoms with van der Waals surface area (Å²) < 4.78 is 57.4. The number of benzene rings is 2. The van der Waals surface area contributed by atoms with Crippen molar-refractivity contribution in [1.29, 1.82) is 0 Å². The number of anilines is 1. The molecule has 0 aliphatic heterocycles. The highest BCUT2D eigenvalue weighted by molar-refractivity contribution is 5.92. The largest absolute Gasteiger partial charge is 0.483 e. The van der Waals surface area contributed by atoms with Crippen molar-refractivity contribution in [2.75, 3.05) is 11.9 Å². The molecule has 0 aliphatic rings. The number of rotatable bonds is 6. The van der Waals surface area contributed by atoms with E-state index in [2.05, 4.69) is 0 Å². The summed E-state index contributed by atoms with van der Waals surface area (Å²) in [6, 6.07) is 3.97. The Balaban J connectivity index is 2.16. The SMILES string of the molecule is O=C(COc1ccc([N+](=O)[O-])cc1C(F)(F)F)Nc1cc([N+](=O)[O-])ccc1F. The van der Waals surface area contributed by atoms with Gasteiger partial charge in [0.1, 0.15) is 17.1 Å². The Labute approximate surface area is 152 Å². The Hall–Kier alpha value is -3.77. The van der Waals surface area contributed by atoms with Crippen LogP contribution in [0.15, 0.2) is 36.4 Å². The van der Waals surface area contributed by atoms with Crippen LogP contribution in [0.3, 0.4) is 0 Å². The lowest BCUT2D eigenvalue weighted by Gasteiger charge is -2.13. The van der Waals surface area contributed by atoms with Crippen molar-refractivity contribution in [1.82, 2.24) is 0 Å². The number of carbonyl (C=O) groups excluding carboxylic acids is 1. The number of nitrogens with one attached hydrogen (secondary N) is 1. The number of nitrogens with zero attached hydrogens (tertiary/aromatic N) is 2. The second-order valence-electron chi connectivity index (χ2n) is 5.19. The first-order valence-corrected chi connectivity index (χ1v) is 7.21. The fourth-order valence-electron chi connectivity index (χ4n) is 2.03. The maximum atomic E-state index is 13.6. The van der Waals surface area contributed by atoms with Gasteiger partial charge in [0.2, 0.25) is 0 Å². The molecule has 28 heavy (non-hydrogen) atoms. The minimum Gasteiger partial charge on any atom is -0.483 e. The van der Waals surface area contributed by atoms with E-state index in [0.29, 0.717) is 6.07 Å². The summed E-state index contributed by atoms with van der Waals surface area (Å²) in [7, 11) is 0. The van der Waals surface area contributed by atoms with E-state index in [9.17, 15) is 42.6 Å². The first-order chi connectivity index (χ1) is 13.0. The molecule has 0 bridgehead atoms. The molecule has 0 radical (unpaired) electrons. The molecule has 1 amide bonds. The number of alkyl halides is 3. The van der Waals surface area contributed by atoms with Crippen molar-refractivity contribution in [3.05, 3.63) is 68.0 Å². The minimum absolute atomic E-state index is 0.244. The Morgan fingerprint density at radius 2 is 1.61 bits per heavy atom. The van der Waals surface area contributed by atoms with Crippen LogP contribution in [0.5, 0.6) is 5.75 Å². The highest BCUT2D eigenvalue weighted by atomic mass is 19.4. The first kappa shape index (κ1) is 20.5. The predicted molar refractivity (Wildman–Crippen MR) is 85.3 cm³/mol. The lowest BCUT2D eigenvalue weighted by molar-refractivity contribution is -0.385. The Kier molecular flexibility index (Phi) is 5.76. The summed E-state index contributed by atoms with van der Waals surface area (Å²) in [5.74, 6) is -2.97. The van der Waals surface area contributed by atoms with Crippen LogP contribution in [0.2, 0.25) is 0 Å². The molecule has 2 aromatic carbocycles. The third kappa shape index (κ3) is 4.90. The van der Waals surface area contributed by atoms with Crippen LogP contribution in [0, 0.1) is 26.0 Å². The second kappa shape index (κ2) is 7.85. The van der Waals surface area contributed by atoms with Gasteiger partial charge in [-0.2, -0.15) is 13.2 Å². The van der Waals surface area contributed by atoms with Gasteiger partial charge in [-0.3, -0.25) is 25.0 Å². The van der Waals surface area contributed by atoms with Crippen LogP contribution >= 0.6 is 0 Å². The van der Waals surface area contributed by atoms with E-state index in [1.807, 2.05) is 5.32 Å². The van der Waals surface area contributed by atoms with Crippen LogP contribution < -0.4 is 10.1 Å². The van der Waals surface area contributed by atoms with Gasteiger partial charge in [-0.25, -0.2) is 4.39 Å². The highest BCUT2D eigenvalue weighted by Gasteiger charge is 2.36. The molecule has 2 aromatic rings. The molecule has 0 saturated carbocycles. The summed E-state index contributed by atoms with van der Waals surface area (Å²) in [6.07, 6.45) is -5.00. The normalized spacial score (nSPS) is 11.0. The molecular weight excluding hydrogens is 394 g/mol. The maximum absolute atomic E-state index is 13.6. The van der Waals surface area contributed by atoms with Crippen molar-refractivity contribution in [2.45, 2.75) is 6.18 Å². The lowest BCUT2D eigenvalue weighted by atomic mass is 10.1. The van der Waals surface area contributed by atoms with Gasteiger partial charge in [0.15, 0.2) is 6.61 Å². The summed E-state index contributed by atoms with van der Waals surface area (Å²) in [6.45, 7) is -1.01. The number of nitro benzene ring substituents is 2. The Morgan fingerprint density at radius 1 is 1.04 bits per heavy atom. The molecule has 0 fully saturated rings. The molecule has 2 rings (SSSR count). The molecule has 0 atom stereocenters. The number of carbonyl (C=O) groups is 1. The number of hydrogen-bond donors (Lipinski definition) is 1. The standard InChI is InChI=1S/C15H9F4N3O6/c16-11-3-1-9(22(26)27)6-12(11)20-14(23)7-28-13-4-2-8(21(24)25)5-10(13)15(17,18)19/h1-6H,7H2,(H,20,23). The number of ether oxygens (including phenoxy) is 1. The quantitative estimate of drug-likeness (QED) is 0.446. The zero-order valence-corrected chi connectivity index (χ0v) is 13.5.